The Morgan fingerprint density at radius 3 is 2.27 bits per heavy atom. The molecule has 0 bridgehead atoms. The normalized spacial score (nSPS) is 11.2. The van der Waals surface area contributed by atoms with Gasteiger partial charge in [0, 0.05) is 43.1 Å². The van der Waals surface area contributed by atoms with Crippen molar-refractivity contribution in [3.8, 4) is 11.1 Å². The summed E-state index contributed by atoms with van der Waals surface area (Å²) in [6.07, 6.45) is 1.78. The van der Waals surface area contributed by atoms with Gasteiger partial charge in [-0.2, -0.15) is 0 Å². The van der Waals surface area contributed by atoms with Crippen LogP contribution in [0.15, 0.2) is 71.7 Å². The number of nitrogens with zero attached hydrogens (tertiary/aromatic N) is 3. The smallest absolute Gasteiger partial charge is 0.274 e. The summed E-state index contributed by atoms with van der Waals surface area (Å²) in [5, 5.41) is 20.8. The van der Waals surface area contributed by atoms with Crippen LogP contribution in [0.25, 0.3) is 11.1 Å². The van der Waals surface area contributed by atoms with Gasteiger partial charge >= 0.3 is 0 Å². The monoisotopic (exact) mass is 539 g/mol. The van der Waals surface area contributed by atoms with E-state index in [0.717, 1.165) is 29.8 Å². The number of nitrogens with one attached hydrogen (secondary N) is 4. The number of aryl methyl sites for hydroxylation is 1. The lowest BCUT2D eigenvalue weighted by Crippen LogP contribution is -2.20. The molecule has 2 heterocycles. The summed E-state index contributed by atoms with van der Waals surface area (Å²) in [5.41, 5.74) is 5.28. The summed E-state index contributed by atoms with van der Waals surface area (Å²) < 4.78 is 1.53. The number of carbonyl (C=O) groups is 1. The van der Waals surface area contributed by atoms with Crippen LogP contribution in [0.1, 0.15) is 42.3 Å². The largest absolute Gasteiger partial charge is 0.367 e. The Kier molecular flexibility index (Phi) is 8.64. The van der Waals surface area contributed by atoms with Gasteiger partial charge in [0.15, 0.2) is 5.82 Å². The lowest BCUT2D eigenvalue weighted by molar-refractivity contribution is 0.102. The Morgan fingerprint density at radius 2 is 1.62 bits per heavy atom. The predicted molar refractivity (Wildman–Crippen MR) is 163 cm³/mol. The highest BCUT2D eigenvalue weighted by Crippen LogP contribution is 2.30. The molecule has 0 fully saturated rings. The molecular formula is C31H37N7O2. The molecule has 4 rings (SSSR count). The molecule has 0 unspecified atom stereocenters. The molecule has 0 aliphatic heterocycles. The van der Waals surface area contributed by atoms with Crippen LogP contribution in [-0.4, -0.2) is 40.8 Å². The summed E-state index contributed by atoms with van der Waals surface area (Å²) in [4.78, 5) is 26.0. The van der Waals surface area contributed by atoms with Crippen LogP contribution in [-0.2, 0) is 12.5 Å². The average Bonchev–Trinajstić information content (AvgIpc) is 2.93. The van der Waals surface area contributed by atoms with Crippen LogP contribution in [0.4, 0.5) is 23.0 Å². The Labute approximate surface area is 235 Å². The molecule has 208 valence electrons. The topological polar surface area (TPSA) is 113 Å². The fraction of sp³-hybridized carbons (Fsp3) is 0.290. The highest BCUT2D eigenvalue weighted by atomic mass is 16.1. The molecule has 4 N–H and O–H groups in total. The summed E-state index contributed by atoms with van der Waals surface area (Å²) in [6.45, 7) is 9.92. The average molecular weight is 540 g/mol. The second kappa shape index (κ2) is 12.1. The molecule has 9 nitrogen and oxygen atoms in total. The fourth-order valence-corrected chi connectivity index (χ4v) is 4.30. The van der Waals surface area contributed by atoms with E-state index >= 15 is 0 Å². The van der Waals surface area contributed by atoms with Gasteiger partial charge in [0.05, 0.1) is 0 Å². The fourth-order valence-electron chi connectivity index (χ4n) is 4.30. The first kappa shape index (κ1) is 28.5. The standard InChI is InChI=1S/C31H37N7O2/c1-20-24(8-7-9-25(20)35-29(39)21-10-12-23(13-11-21)31(2,3)4)22-18-26(30(40)38(6)19-22)34-28-15-14-27(36-37-28)33-17-16-32-5/h7-15,18-19,32H,16-17H2,1-6H3,(H,33,36)(H,34,37)(H,35,39). The molecule has 0 atom stereocenters. The van der Waals surface area contributed by atoms with Crippen molar-refractivity contribution in [3.05, 3.63) is 93.9 Å². The zero-order valence-electron chi connectivity index (χ0n) is 23.9. The third kappa shape index (κ3) is 6.73. The number of rotatable bonds is 9. The van der Waals surface area contributed by atoms with E-state index in [0.29, 0.717) is 28.6 Å². The number of carbonyl (C=O) groups excluding carboxylic acids is 1. The second-order valence-electron chi connectivity index (χ2n) is 10.8. The maximum Gasteiger partial charge on any atom is 0.274 e. The minimum absolute atomic E-state index is 0.0167. The van der Waals surface area contributed by atoms with Crippen molar-refractivity contribution in [2.45, 2.75) is 33.1 Å². The van der Waals surface area contributed by atoms with Crippen LogP contribution < -0.4 is 26.8 Å². The number of aromatic nitrogens is 3. The van der Waals surface area contributed by atoms with Gasteiger partial charge in [-0.15, -0.1) is 10.2 Å². The SMILES string of the molecule is CNCCNc1ccc(Nc2cc(-c3cccc(NC(=O)c4ccc(C(C)(C)C)cc4)c3C)cn(C)c2=O)nn1. The van der Waals surface area contributed by atoms with Crippen LogP contribution in [0.5, 0.6) is 0 Å². The first-order valence-corrected chi connectivity index (χ1v) is 13.3. The third-order valence-corrected chi connectivity index (χ3v) is 6.70. The molecular weight excluding hydrogens is 502 g/mol. The number of hydrogen-bond donors (Lipinski definition) is 4. The van der Waals surface area contributed by atoms with Crippen LogP contribution in [0, 0.1) is 6.92 Å². The Hall–Kier alpha value is -4.50. The Balaban J connectivity index is 1.56. The van der Waals surface area contributed by atoms with Crippen molar-refractivity contribution in [3.63, 3.8) is 0 Å². The molecule has 40 heavy (non-hydrogen) atoms. The Bertz CT molecular complexity index is 1540. The van der Waals surface area contributed by atoms with Gasteiger partial charge in [-0.25, -0.2) is 0 Å². The molecule has 0 saturated carbocycles. The van der Waals surface area contributed by atoms with Crippen molar-refractivity contribution in [1.82, 2.24) is 20.1 Å². The first-order chi connectivity index (χ1) is 19.1. The number of pyridine rings is 1. The van der Waals surface area contributed by atoms with E-state index in [2.05, 4.69) is 52.2 Å². The van der Waals surface area contributed by atoms with Crippen molar-refractivity contribution in [2.75, 3.05) is 36.1 Å². The van der Waals surface area contributed by atoms with Gasteiger partial charge in [0.25, 0.3) is 11.5 Å². The van der Waals surface area contributed by atoms with Crippen molar-refractivity contribution in [2.24, 2.45) is 7.05 Å². The van der Waals surface area contributed by atoms with E-state index < -0.39 is 0 Å². The van der Waals surface area contributed by atoms with Crippen LogP contribution in [0.2, 0.25) is 0 Å². The van der Waals surface area contributed by atoms with E-state index in [4.69, 9.17) is 0 Å². The third-order valence-electron chi connectivity index (χ3n) is 6.70. The minimum Gasteiger partial charge on any atom is -0.367 e. The second-order valence-corrected chi connectivity index (χ2v) is 10.8. The van der Waals surface area contributed by atoms with Gasteiger partial charge in [-0.05, 0) is 72.5 Å². The van der Waals surface area contributed by atoms with Crippen LogP contribution >= 0.6 is 0 Å². The molecule has 0 saturated heterocycles. The summed E-state index contributed by atoms with van der Waals surface area (Å²) in [6, 6.07) is 18.8. The van der Waals surface area contributed by atoms with E-state index in [9.17, 15) is 9.59 Å². The van der Waals surface area contributed by atoms with Crippen molar-refractivity contribution in [1.29, 1.82) is 0 Å². The van der Waals surface area contributed by atoms with Crippen molar-refractivity contribution >= 4 is 28.9 Å². The quantitative estimate of drug-likeness (QED) is 0.220. The van der Waals surface area contributed by atoms with E-state index in [-0.39, 0.29) is 16.9 Å². The zero-order chi connectivity index (χ0) is 28.9. The molecule has 1 amide bonds. The van der Waals surface area contributed by atoms with E-state index in [1.54, 1.807) is 25.4 Å². The number of benzene rings is 2. The van der Waals surface area contributed by atoms with Crippen LogP contribution in [0.3, 0.4) is 0 Å². The summed E-state index contributed by atoms with van der Waals surface area (Å²) in [5.74, 6) is 0.941. The predicted octanol–water partition coefficient (Wildman–Crippen LogP) is 5.08. The zero-order valence-corrected chi connectivity index (χ0v) is 23.9. The van der Waals surface area contributed by atoms with Gasteiger partial charge in [0.2, 0.25) is 0 Å². The Morgan fingerprint density at radius 1 is 0.925 bits per heavy atom. The van der Waals surface area contributed by atoms with E-state index in [1.807, 2.05) is 62.5 Å². The molecule has 2 aromatic carbocycles. The first-order valence-electron chi connectivity index (χ1n) is 13.3. The molecule has 2 aromatic heterocycles. The maximum absolute atomic E-state index is 13.0. The summed E-state index contributed by atoms with van der Waals surface area (Å²) in [7, 11) is 3.59. The number of hydrogen-bond acceptors (Lipinski definition) is 7. The number of amides is 1. The number of likely N-dealkylation sites (N-methyl/N-ethyl adjacent to an activating group) is 1. The maximum atomic E-state index is 13.0. The molecule has 0 aliphatic carbocycles. The molecule has 9 heteroatoms. The molecule has 4 aromatic rings. The van der Waals surface area contributed by atoms with Gasteiger partial charge in [-0.1, -0.05) is 45.0 Å². The van der Waals surface area contributed by atoms with Gasteiger partial charge in [0.1, 0.15) is 11.5 Å². The highest BCUT2D eigenvalue weighted by molar-refractivity contribution is 6.05. The molecule has 0 aliphatic rings. The highest BCUT2D eigenvalue weighted by Gasteiger charge is 2.16. The molecule has 0 spiro atoms. The lowest BCUT2D eigenvalue weighted by Gasteiger charge is -2.19. The molecule has 0 radical (unpaired) electrons. The van der Waals surface area contributed by atoms with Gasteiger partial charge in [-0.3, -0.25) is 9.59 Å². The minimum atomic E-state index is -0.192. The van der Waals surface area contributed by atoms with E-state index in [1.165, 1.54) is 10.1 Å². The summed E-state index contributed by atoms with van der Waals surface area (Å²) >= 11 is 0. The lowest BCUT2D eigenvalue weighted by atomic mass is 9.86. The number of anilines is 4. The van der Waals surface area contributed by atoms with Crippen molar-refractivity contribution < 1.29 is 4.79 Å². The van der Waals surface area contributed by atoms with Gasteiger partial charge < -0.3 is 25.8 Å².